The van der Waals surface area contributed by atoms with E-state index in [1.165, 1.54) is 18.0 Å². The molecule has 0 amide bonds. The molecule has 0 aliphatic heterocycles. The van der Waals surface area contributed by atoms with Crippen LogP contribution in [0.5, 0.6) is 0 Å². The summed E-state index contributed by atoms with van der Waals surface area (Å²) in [4.78, 5) is 4.67. The van der Waals surface area contributed by atoms with Gasteiger partial charge < -0.3 is 0 Å². The van der Waals surface area contributed by atoms with Crippen molar-refractivity contribution in [2.45, 2.75) is 24.7 Å². The van der Waals surface area contributed by atoms with Gasteiger partial charge in [-0.05, 0) is 18.2 Å². The van der Waals surface area contributed by atoms with E-state index in [2.05, 4.69) is 4.98 Å². The summed E-state index contributed by atoms with van der Waals surface area (Å²) in [5.74, 6) is 0.128. The Morgan fingerprint density at radius 1 is 1.50 bits per heavy atom. The zero-order chi connectivity index (χ0) is 9.14. The highest BCUT2D eigenvalue weighted by atomic mass is 32.2. The molecule has 0 saturated carbocycles. The van der Waals surface area contributed by atoms with Crippen LogP contribution in [0.2, 0.25) is 0 Å². The molecule has 66 valence electrons. The quantitative estimate of drug-likeness (QED) is 0.657. The number of hydrogen-bond donors (Lipinski definition) is 0. The number of rotatable bonds is 2. The molecule has 0 N–H and O–H groups in total. The van der Waals surface area contributed by atoms with Gasteiger partial charge in [0.1, 0.15) is 0 Å². The molecule has 0 spiro atoms. The molecule has 0 saturated heterocycles. The van der Waals surface area contributed by atoms with Gasteiger partial charge in [0.05, 0.1) is 6.20 Å². The van der Waals surface area contributed by atoms with Gasteiger partial charge in [0.15, 0.2) is 5.82 Å². The normalized spacial score (nSPS) is 10.8. The van der Waals surface area contributed by atoms with Gasteiger partial charge in [0.25, 0.3) is 0 Å². The largest absolute Gasteiger partial charge is 0.258 e. The van der Waals surface area contributed by atoms with E-state index in [0.29, 0.717) is 10.8 Å². The SMILES string of the molecule is CSc1cc(C(C)C)ncc1F. The highest BCUT2D eigenvalue weighted by Crippen LogP contribution is 2.22. The molecule has 0 aliphatic carbocycles. The van der Waals surface area contributed by atoms with Crippen LogP contribution >= 0.6 is 11.8 Å². The lowest BCUT2D eigenvalue weighted by Crippen LogP contribution is -1.94. The van der Waals surface area contributed by atoms with Gasteiger partial charge in [-0.2, -0.15) is 0 Å². The fraction of sp³-hybridized carbons (Fsp3) is 0.444. The van der Waals surface area contributed by atoms with Crippen molar-refractivity contribution in [2.75, 3.05) is 6.26 Å². The van der Waals surface area contributed by atoms with Crippen LogP contribution in [0.25, 0.3) is 0 Å². The van der Waals surface area contributed by atoms with Crippen LogP contribution in [-0.2, 0) is 0 Å². The van der Waals surface area contributed by atoms with Gasteiger partial charge in [-0.1, -0.05) is 13.8 Å². The van der Waals surface area contributed by atoms with Crippen LogP contribution in [0.15, 0.2) is 17.2 Å². The summed E-state index contributed by atoms with van der Waals surface area (Å²) in [7, 11) is 0. The van der Waals surface area contributed by atoms with Crippen molar-refractivity contribution in [1.29, 1.82) is 0 Å². The molecule has 1 aromatic heterocycles. The third kappa shape index (κ3) is 1.97. The Hall–Kier alpha value is -0.570. The molecular weight excluding hydrogens is 173 g/mol. The molecule has 0 atom stereocenters. The first-order valence-electron chi connectivity index (χ1n) is 3.84. The zero-order valence-electron chi connectivity index (χ0n) is 7.47. The van der Waals surface area contributed by atoms with Crippen LogP contribution in [0.1, 0.15) is 25.5 Å². The minimum absolute atomic E-state index is 0.230. The fourth-order valence-corrected chi connectivity index (χ4v) is 1.39. The molecule has 0 bridgehead atoms. The molecule has 0 radical (unpaired) electrons. The van der Waals surface area contributed by atoms with Crippen molar-refractivity contribution in [3.8, 4) is 0 Å². The van der Waals surface area contributed by atoms with E-state index in [0.717, 1.165) is 5.69 Å². The first-order valence-corrected chi connectivity index (χ1v) is 5.07. The molecular formula is C9H12FNS. The van der Waals surface area contributed by atoms with E-state index in [1.54, 1.807) is 0 Å². The van der Waals surface area contributed by atoms with E-state index < -0.39 is 0 Å². The summed E-state index contributed by atoms with van der Waals surface area (Å²) in [6.45, 7) is 4.09. The smallest absolute Gasteiger partial charge is 0.155 e. The second kappa shape index (κ2) is 3.90. The third-order valence-electron chi connectivity index (χ3n) is 1.65. The van der Waals surface area contributed by atoms with Gasteiger partial charge in [-0.15, -0.1) is 11.8 Å². The molecule has 0 fully saturated rings. The number of hydrogen-bond acceptors (Lipinski definition) is 2. The standard InChI is InChI=1S/C9H12FNS/c1-6(2)8-4-9(12-3)7(10)5-11-8/h4-6H,1-3H3. The summed E-state index contributed by atoms with van der Waals surface area (Å²) < 4.78 is 13.0. The predicted molar refractivity (Wildman–Crippen MR) is 50.1 cm³/mol. The Morgan fingerprint density at radius 3 is 2.67 bits per heavy atom. The molecule has 1 aromatic rings. The van der Waals surface area contributed by atoms with Crippen molar-refractivity contribution < 1.29 is 4.39 Å². The van der Waals surface area contributed by atoms with Crippen LogP contribution in [0.4, 0.5) is 4.39 Å². The minimum Gasteiger partial charge on any atom is -0.258 e. The summed E-state index contributed by atoms with van der Waals surface area (Å²) in [6, 6.07) is 1.81. The summed E-state index contributed by atoms with van der Waals surface area (Å²) in [6.07, 6.45) is 3.16. The van der Waals surface area contributed by atoms with E-state index in [4.69, 9.17) is 0 Å². The maximum Gasteiger partial charge on any atom is 0.155 e. The van der Waals surface area contributed by atoms with Gasteiger partial charge in [0, 0.05) is 10.6 Å². The molecule has 0 unspecified atom stereocenters. The Bertz CT molecular complexity index is 273. The van der Waals surface area contributed by atoms with Crippen molar-refractivity contribution in [2.24, 2.45) is 0 Å². The van der Waals surface area contributed by atoms with Gasteiger partial charge in [-0.25, -0.2) is 4.39 Å². The maximum atomic E-state index is 13.0. The molecule has 0 aliphatic rings. The minimum atomic E-state index is -0.230. The van der Waals surface area contributed by atoms with E-state index >= 15 is 0 Å². The topological polar surface area (TPSA) is 12.9 Å². The Balaban J connectivity index is 3.05. The van der Waals surface area contributed by atoms with Crippen molar-refractivity contribution in [3.05, 3.63) is 23.8 Å². The van der Waals surface area contributed by atoms with Crippen molar-refractivity contribution in [3.63, 3.8) is 0 Å². The van der Waals surface area contributed by atoms with Crippen LogP contribution in [0, 0.1) is 5.82 Å². The van der Waals surface area contributed by atoms with Crippen LogP contribution < -0.4 is 0 Å². The Morgan fingerprint density at radius 2 is 2.17 bits per heavy atom. The number of nitrogens with zero attached hydrogens (tertiary/aromatic N) is 1. The van der Waals surface area contributed by atoms with Crippen LogP contribution in [-0.4, -0.2) is 11.2 Å². The zero-order valence-corrected chi connectivity index (χ0v) is 8.28. The number of halogens is 1. The first-order chi connectivity index (χ1) is 5.65. The van der Waals surface area contributed by atoms with E-state index in [1.807, 2.05) is 26.2 Å². The van der Waals surface area contributed by atoms with Gasteiger partial charge in [-0.3, -0.25) is 4.98 Å². The van der Waals surface area contributed by atoms with Gasteiger partial charge >= 0.3 is 0 Å². The highest BCUT2D eigenvalue weighted by Gasteiger charge is 2.05. The average molecular weight is 185 g/mol. The highest BCUT2D eigenvalue weighted by molar-refractivity contribution is 7.98. The second-order valence-corrected chi connectivity index (χ2v) is 3.75. The lowest BCUT2D eigenvalue weighted by Gasteiger charge is -2.05. The summed E-state index contributed by atoms with van der Waals surface area (Å²) in [5, 5.41) is 0. The molecule has 1 nitrogen and oxygen atoms in total. The van der Waals surface area contributed by atoms with Crippen molar-refractivity contribution in [1.82, 2.24) is 4.98 Å². The first kappa shape index (κ1) is 9.52. The molecule has 12 heavy (non-hydrogen) atoms. The average Bonchev–Trinajstić information content (AvgIpc) is 2.05. The Labute approximate surface area is 76.4 Å². The Kier molecular flexibility index (Phi) is 3.09. The fourth-order valence-electron chi connectivity index (χ4n) is 0.908. The number of thioether (sulfide) groups is 1. The van der Waals surface area contributed by atoms with Crippen molar-refractivity contribution >= 4 is 11.8 Å². The lowest BCUT2D eigenvalue weighted by atomic mass is 10.1. The number of aromatic nitrogens is 1. The predicted octanol–water partition coefficient (Wildman–Crippen LogP) is 3.07. The molecule has 1 heterocycles. The summed E-state index contributed by atoms with van der Waals surface area (Å²) in [5.41, 5.74) is 0.945. The second-order valence-electron chi connectivity index (χ2n) is 2.90. The molecule has 1 rings (SSSR count). The van der Waals surface area contributed by atoms with Gasteiger partial charge in [0.2, 0.25) is 0 Å². The van der Waals surface area contributed by atoms with Crippen LogP contribution in [0.3, 0.4) is 0 Å². The number of pyridine rings is 1. The summed E-state index contributed by atoms with van der Waals surface area (Å²) >= 11 is 1.41. The maximum absolute atomic E-state index is 13.0. The molecule has 0 aromatic carbocycles. The van der Waals surface area contributed by atoms with E-state index in [9.17, 15) is 4.39 Å². The molecule has 3 heteroatoms. The monoisotopic (exact) mass is 185 g/mol. The van der Waals surface area contributed by atoms with E-state index in [-0.39, 0.29) is 5.82 Å². The lowest BCUT2D eigenvalue weighted by molar-refractivity contribution is 0.590. The third-order valence-corrected chi connectivity index (χ3v) is 2.41.